The van der Waals surface area contributed by atoms with Crippen LogP contribution in [0.15, 0.2) is 6.20 Å². The summed E-state index contributed by atoms with van der Waals surface area (Å²) in [6.45, 7) is 9.94. The molecule has 0 amide bonds. The number of hydrogen-bond acceptors (Lipinski definition) is 5. The molecule has 0 atom stereocenters. The van der Waals surface area contributed by atoms with Crippen molar-refractivity contribution < 1.29 is 0 Å². The molecule has 2 heterocycles. The van der Waals surface area contributed by atoms with Crippen LogP contribution in [0.25, 0.3) is 0 Å². The summed E-state index contributed by atoms with van der Waals surface area (Å²) in [5, 5.41) is 8.07. The Bertz CT molecular complexity index is 318. The standard InChI is InChI=1S/C12H22N4S/c1-11-15-10-12(17-11)9-14-5-8-16-6-2-3-13-4-7-16/h10,13-14H,2-9H2,1H3. The molecule has 1 fully saturated rings. The van der Waals surface area contributed by atoms with E-state index in [0.29, 0.717) is 0 Å². The molecule has 2 N–H and O–H groups in total. The second-order valence-electron chi connectivity index (χ2n) is 4.47. The monoisotopic (exact) mass is 254 g/mol. The fourth-order valence-corrected chi connectivity index (χ4v) is 2.83. The van der Waals surface area contributed by atoms with Gasteiger partial charge in [0.15, 0.2) is 0 Å². The number of nitrogens with one attached hydrogen (secondary N) is 2. The molecule has 0 bridgehead atoms. The Hall–Kier alpha value is -0.490. The summed E-state index contributed by atoms with van der Waals surface area (Å²) in [4.78, 5) is 8.12. The molecule has 96 valence electrons. The van der Waals surface area contributed by atoms with E-state index < -0.39 is 0 Å². The van der Waals surface area contributed by atoms with Gasteiger partial charge in [0.2, 0.25) is 0 Å². The number of aromatic nitrogens is 1. The summed E-state index contributed by atoms with van der Waals surface area (Å²) >= 11 is 1.78. The molecule has 0 aliphatic carbocycles. The highest BCUT2D eigenvalue weighted by Crippen LogP contribution is 2.10. The first kappa shape index (κ1) is 13.0. The smallest absolute Gasteiger partial charge is 0.0897 e. The molecule has 1 aliphatic rings. The van der Waals surface area contributed by atoms with Crippen LogP contribution in [-0.2, 0) is 6.54 Å². The fraction of sp³-hybridized carbons (Fsp3) is 0.750. The van der Waals surface area contributed by atoms with Crippen LogP contribution in [0.1, 0.15) is 16.3 Å². The fourth-order valence-electron chi connectivity index (χ4n) is 2.06. The summed E-state index contributed by atoms with van der Waals surface area (Å²) in [6, 6.07) is 0. The van der Waals surface area contributed by atoms with Gasteiger partial charge in [-0.2, -0.15) is 0 Å². The van der Waals surface area contributed by atoms with Crippen LogP contribution in [0.2, 0.25) is 0 Å². The van der Waals surface area contributed by atoms with Crippen molar-refractivity contribution in [2.45, 2.75) is 19.9 Å². The summed E-state index contributed by atoms with van der Waals surface area (Å²) in [7, 11) is 0. The van der Waals surface area contributed by atoms with Gasteiger partial charge in [-0.15, -0.1) is 11.3 Å². The van der Waals surface area contributed by atoms with Crippen molar-refractivity contribution in [1.82, 2.24) is 20.5 Å². The van der Waals surface area contributed by atoms with Crippen LogP contribution in [-0.4, -0.2) is 49.2 Å². The van der Waals surface area contributed by atoms with Gasteiger partial charge in [-0.05, 0) is 26.4 Å². The number of thiazole rings is 1. The molecule has 17 heavy (non-hydrogen) atoms. The van der Waals surface area contributed by atoms with Crippen molar-refractivity contribution in [2.75, 3.05) is 39.3 Å². The lowest BCUT2D eigenvalue weighted by molar-refractivity contribution is 0.291. The Labute approximate surface area is 107 Å². The van der Waals surface area contributed by atoms with Gasteiger partial charge >= 0.3 is 0 Å². The highest BCUT2D eigenvalue weighted by atomic mass is 32.1. The minimum Gasteiger partial charge on any atom is -0.315 e. The second kappa shape index (κ2) is 7.06. The lowest BCUT2D eigenvalue weighted by Crippen LogP contribution is -2.34. The molecule has 1 aromatic rings. The number of rotatable bonds is 5. The highest BCUT2D eigenvalue weighted by Gasteiger charge is 2.07. The molecule has 0 saturated carbocycles. The largest absolute Gasteiger partial charge is 0.315 e. The van der Waals surface area contributed by atoms with Gasteiger partial charge in [0.1, 0.15) is 0 Å². The van der Waals surface area contributed by atoms with E-state index in [1.807, 2.05) is 6.20 Å². The normalized spacial score (nSPS) is 18.2. The predicted octanol–water partition coefficient (Wildman–Crippen LogP) is 0.836. The van der Waals surface area contributed by atoms with Gasteiger partial charge < -0.3 is 15.5 Å². The number of aryl methyl sites for hydroxylation is 1. The zero-order chi connectivity index (χ0) is 11.9. The molecule has 0 radical (unpaired) electrons. The van der Waals surface area contributed by atoms with Crippen LogP contribution in [0.4, 0.5) is 0 Å². The van der Waals surface area contributed by atoms with Crippen molar-refractivity contribution >= 4 is 11.3 Å². The Kier molecular flexibility index (Phi) is 5.38. The molecular formula is C12H22N4S. The molecule has 5 heteroatoms. The second-order valence-corrected chi connectivity index (χ2v) is 5.79. The quantitative estimate of drug-likeness (QED) is 0.764. The maximum absolute atomic E-state index is 4.26. The van der Waals surface area contributed by atoms with E-state index in [9.17, 15) is 0 Å². The summed E-state index contributed by atoms with van der Waals surface area (Å²) in [6.07, 6.45) is 3.25. The Morgan fingerprint density at radius 3 is 3.24 bits per heavy atom. The minimum absolute atomic E-state index is 0.956. The van der Waals surface area contributed by atoms with Gasteiger partial charge in [0.05, 0.1) is 5.01 Å². The van der Waals surface area contributed by atoms with E-state index in [2.05, 4.69) is 27.4 Å². The topological polar surface area (TPSA) is 40.2 Å². The van der Waals surface area contributed by atoms with Crippen molar-refractivity contribution in [1.29, 1.82) is 0 Å². The van der Waals surface area contributed by atoms with E-state index in [1.54, 1.807) is 11.3 Å². The highest BCUT2D eigenvalue weighted by molar-refractivity contribution is 7.11. The molecule has 0 unspecified atom stereocenters. The molecule has 0 spiro atoms. The lowest BCUT2D eigenvalue weighted by atomic mass is 10.4. The molecular weight excluding hydrogens is 232 g/mol. The first-order valence-corrected chi connectivity index (χ1v) is 7.21. The maximum atomic E-state index is 4.26. The molecule has 4 nitrogen and oxygen atoms in total. The average molecular weight is 254 g/mol. The van der Waals surface area contributed by atoms with Crippen LogP contribution >= 0.6 is 11.3 Å². The Morgan fingerprint density at radius 1 is 1.47 bits per heavy atom. The van der Waals surface area contributed by atoms with Crippen molar-refractivity contribution in [2.24, 2.45) is 0 Å². The SMILES string of the molecule is Cc1ncc(CNCCN2CCCNCC2)s1. The van der Waals surface area contributed by atoms with Crippen molar-refractivity contribution in [3.63, 3.8) is 0 Å². The van der Waals surface area contributed by atoms with Crippen LogP contribution in [0, 0.1) is 6.92 Å². The maximum Gasteiger partial charge on any atom is 0.0897 e. The third-order valence-electron chi connectivity index (χ3n) is 3.01. The summed E-state index contributed by atoms with van der Waals surface area (Å²) in [5.41, 5.74) is 0. The first-order chi connectivity index (χ1) is 8.34. The average Bonchev–Trinajstić information content (AvgIpc) is 2.59. The van der Waals surface area contributed by atoms with Crippen molar-refractivity contribution in [3.8, 4) is 0 Å². The zero-order valence-corrected chi connectivity index (χ0v) is 11.4. The summed E-state index contributed by atoms with van der Waals surface area (Å²) in [5.74, 6) is 0. The number of nitrogens with zero attached hydrogens (tertiary/aromatic N) is 2. The lowest BCUT2D eigenvalue weighted by Gasteiger charge is -2.19. The Balaban J connectivity index is 1.59. The molecule has 1 saturated heterocycles. The van der Waals surface area contributed by atoms with Crippen LogP contribution in [0.5, 0.6) is 0 Å². The molecule has 0 aromatic carbocycles. The zero-order valence-electron chi connectivity index (χ0n) is 10.5. The molecule has 1 aliphatic heterocycles. The van der Waals surface area contributed by atoms with Crippen molar-refractivity contribution in [3.05, 3.63) is 16.1 Å². The molecule has 1 aromatic heterocycles. The molecule has 2 rings (SSSR count). The van der Waals surface area contributed by atoms with E-state index in [-0.39, 0.29) is 0 Å². The van der Waals surface area contributed by atoms with Gasteiger partial charge in [-0.3, -0.25) is 0 Å². The Morgan fingerprint density at radius 2 is 2.41 bits per heavy atom. The number of hydrogen-bond donors (Lipinski definition) is 2. The van der Waals surface area contributed by atoms with Crippen LogP contribution < -0.4 is 10.6 Å². The van der Waals surface area contributed by atoms with E-state index in [1.165, 1.54) is 30.9 Å². The van der Waals surface area contributed by atoms with Gasteiger partial charge in [-0.25, -0.2) is 4.98 Å². The summed E-state index contributed by atoms with van der Waals surface area (Å²) < 4.78 is 0. The minimum atomic E-state index is 0.956. The van der Waals surface area contributed by atoms with E-state index in [4.69, 9.17) is 0 Å². The first-order valence-electron chi connectivity index (χ1n) is 6.40. The van der Waals surface area contributed by atoms with Crippen LogP contribution in [0.3, 0.4) is 0 Å². The van der Waals surface area contributed by atoms with E-state index in [0.717, 1.165) is 31.2 Å². The third kappa shape index (κ3) is 4.71. The van der Waals surface area contributed by atoms with Gasteiger partial charge in [0, 0.05) is 43.8 Å². The predicted molar refractivity (Wildman–Crippen MR) is 72.5 cm³/mol. The third-order valence-corrected chi connectivity index (χ3v) is 3.92. The van der Waals surface area contributed by atoms with Gasteiger partial charge in [0.25, 0.3) is 0 Å². The van der Waals surface area contributed by atoms with E-state index >= 15 is 0 Å². The van der Waals surface area contributed by atoms with Gasteiger partial charge in [-0.1, -0.05) is 0 Å².